The minimum absolute atomic E-state index is 0.123. The normalized spacial score (nSPS) is 20.4. The van der Waals surface area contributed by atoms with Gasteiger partial charge < -0.3 is 10.0 Å². The molecule has 92 valence electrons. The Morgan fingerprint density at radius 3 is 2.44 bits per heavy atom. The second-order valence-corrected chi connectivity index (χ2v) is 4.55. The van der Waals surface area contributed by atoms with Crippen LogP contribution >= 0.6 is 0 Å². The van der Waals surface area contributed by atoms with E-state index in [1.165, 1.54) is 0 Å². The van der Waals surface area contributed by atoms with Gasteiger partial charge in [0.05, 0.1) is 5.92 Å². The quantitative estimate of drug-likeness (QED) is 0.778. The van der Waals surface area contributed by atoms with Gasteiger partial charge in [0, 0.05) is 19.5 Å². The first-order valence-corrected chi connectivity index (χ1v) is 6.09. The Kier molecular flexibility index (Phi) is 4.77. The molecule has 0 radical (unpaired) electrons. The van der Waals surface area contributed by atoms with Crippen LogP contribution in [0.5, 0.6) is 0 Å². The molecular weight excluding hydrogens is 206 g/mol. The van der Waals surface area contributed by atoms with E-state index in [-0.39, 0.29) is 11.8 Å². The molecule has 0 aromatic rings. The Morgan fingerprint density at radius 1 is 1.38 bits per heavy atom. The van der Waals surface area contributed by atoms with Crippen molar-refractivity contribution in [2.45, 2.75) is 39.5 Å². The average Bonchev–Trinajstić information content (AvgIpc) is 2.74. The molecule has 0 aromatic carbocycles. The largest absolute Gasteiger partial charge is 0.481 e. The van der Waals surface area contributed by atoms with Gasteiger partial charge in [0.15, 0.2) is 0 Å². The van der Waals surface area contributed by atoms with Crippen molar-refractivity contribution in [3.05, 3.63) is 0 Å². The molecule has 1 unspecified atom stereocenters. The van der Waals surface area contributed by atoms with Crippen LogP contribution in [-0.2, 0) is 9.59 Å². The van der Waals surface area contributed by atoms with Gasteiger partial charge in [-0.3, -0.25) is 9.59 Å². The van der Waals surface area contributed by atoms with E-state index >= 15 is 0 Å². The second-order valence-electron chi connectivity index (χ2n) is 4.55. The van der Waals surface area contributed by atoms with E-state index in [0.717, 1.165) is 12.8 Å². The molecule has 1 fully saturated rings. The zero-order valence-corrected chi connectivity index (χ0v) is 10.1. The highest BCUT2D eigenvalue weighted by Crippen LogP contribution is 2.20. The van der Waals surface area contributed by atoms with Gasteiger partial charge in [-0.1, -0.05) is 26.7 Å². The highest BCUT2D eigenvalue weighted by Gasteiger charge is 2.31. The van der Waals surface area contributed by atoms with Gasteiger partial charge in [-0.05, 0) is 12.3 Å². The molecule has 1 N–H and O–H groups in total. The van der Waals surface area contributed by atoms with Gasteiger partial charge in [-0.2, -0.15) is 0 Å². The molecule has 16 heavy (non-hydrogen) atoms. The van der Waals surface area contributed by atoms with E-state index in [1.807, 2.05) is 0 Å². The van der Waals surface area contributed by atoms with Crippen LogP contribution in [0.1, 0.15) is 39.5 Å². The Hall–Kier alpha value is -1.06. The van der Waals surface area contributed by atoms with Crippen LogP contribution in [0.25, 0.3) is 0 Å². The molecule has 0 spiro atoms. The molecule has 1 atom stereocenters. The summed E-state index contributed by atoms with van der Waals surface area (Å²) in [5, 5.41) is 8.85. The number of likely N-dealkylation sites (tertiary alicyclic amines) is 1. The van der Waals surface area contributed by atoms with E-state index < -0.39 is 5.97 Å². The van der Waals surface area contributed by atoms with Gasteiger partial charge in [-0.25, -0.2) is 0 Å². The molecule has 0 bridgehead atoms. The molecule has 0 saturated carbocycles. The number of carboxylic acid groups (broad SMARTS) is 1. The van der Waals surface area contributed by atoms with Crippen LogP contribution in [0.15, 0.2) is 0 Å². The molecule has 1 saturated heterocycles. The number of aliphatic carboxylic acids is 1. The first kappa shape index (κ1) is 13.0. The Bertz CT molecular complexity index is 261. The van der Waals surface area contributed by atoms with E-state index in [9.17, 15) is 9.59 Å². The maximum absolute atomic E-state index is 11.9. The van der Waals surface area contributed by atoms with E-state index in [1.54, 1.807) is 4.90 Å². The Morgan fingerprint density at radius 2 is 2.00 bits per heavy atom. The summed E-state index contributed by atoms with van der Waals surface area (Å²) in [4.78, 5) is 24.3. The minimum Gasteiger partial charge on any atom is -0.481 e. The number of carbonyl (C=O) groups is 2. The fraction of sp³-hybridized carbons (Fsp3) is 0.833. The number of amides is 1. The topological polar surface area (TPSA) is 57.6 Å². The summed E-state index contributed by atoms with van der Waals surface area (Å²) in [5.74, 6) is -0.572. The summed E-state index contributed by atoms with van der Waals surface area (Å²) in [6.07, 6.45) is 3.19. The van der Waals surface area contributed by atoms with Crippen LogP contribution in [0.2, 0.25) is 0 Å². The fourth-order valence-corrected chi connectivity index (χ4v) is 2.14. The maximum Gasteiger partial charge on any atom is 0.308 e. The minimum atomic E-state index is -0.780. The zero-order valence-electron chi connectivity index (χ0n) is 10.1. The highest BCUT2D eigenvalue weighted by atomic mass is 16.4. The van der Waals surface area contributed by atoms with Crippen LogP contribution in [0, 0.1) is 11.8 Å². The van der Waals surface area contributed by atoms with Crippen molar-refractivity contribution in [3.8, 4) is 0 Å². The first-order chi connectivity index (χ1) is 7.58. The lowest BCUT2D eigenvalue weighted by Crippen LogP contribution is -2.31. The summed E-state index contributed by atoms with van der Waals surface area (Å²) >= 11 is 0. The third kappa shape index (κ3) is 3.22. The predicted octanol–water partition coefficient (Wildman–Crippen LogP) is 1.75. The van der Waals surface area contributed by atoms with Crippen LogP contribution in [0.3, 0.4) is 0 Å². The molecule has 1 aliphatic rings. The lowest BCUT2D eigenvalue weighted by molar-refractivity contribution is -0.141. The monoisotopic (exact) mass is 227 g/mol. The van der Waals surface area contributed by atoms with Crippen molar-refractivity contribution >= 4 is 11.9 Å². The summed E-state index contributed by atoms with van der Waals surface area (Å²) < 4.78 is 0. The lowest BCUT2D eigenvalue weighted by Gasteiger charge is -2.19. The second kappa shape index (κ2) is 5.87. The van der Waals surface area contributed by atoms with Crippen molar-refractivity contribution in [1.82, 2.24) is 4.90 Å². The van der Waals surface area contributed by atoms with Gasteiger partial charge in [0.25, 0.3) is 0 Å². The van der Waals surface area contributed by atoms with Gasteiger partial charge in [-0.15, -0.1) is 0 Å². The van der Waals surface area contributed by atoms with Gasteiger partial charge in [0.1, 0.15) is 0 Å². The van der Waals surface area contributed by atoms with E-state index in [4.69, 9.17) is 5.11 Å². The molecule has 4 nitrogen and oxygen atoms in total. The van der Waals surface area contributed by atoms with Crippen molar-refractivity contribution in [3.63, 3.8) is 0 Å². The molecule has 1 rings (SSSR count). The molecular formula is C12H21NO3. The Balaban J connectivity index is 2.41. The molecule has 1 amide bonds. The molecule has 1 aliphatic heterocycles. The average molecular weight is 227 g/mol. The maximum atomic E-state index is 11.9. The number of carbonyl (C=O) groups excluding carboxylic acids is 1. The van der Waals surface area contributed by atoms with Gasteiger partial charge in [0.2, 0.25) is 5.91 Å². The van der Waals surface area contributed by atoms with Gasteiger partial charge >= 0.3 is 5.97 Å². The smallest absolute Gasteiger partial charge is 0.308 e. The summed E-state index contributed by atoms with van der Waals surface area (Å²) in [6.45, 7) is 5.18. The first-order valence-electron chi connectivity index (χ1n) is 6.09. The molecule has 0 aromatic heterocycles. The Labute approximate surface area is 96.6 Å². The van der Waals surface area contributed by atoms with E-state index in [2.05, 4.69) is 13.8 Å². The number of nitrogens with zero attached hydrogens (tertiary/aromatic N) is 1. The van der Waals surface area contributed by atoms with Crippen molar-refractivity contribution < 1.29 is 14.7 Å². The molecule has 4 heteroatoms. The molecule has 0 aliphatic carbocycles. The fourth-order valence-electron chi connectivity index (χ4n) is 2.14. The number of hydrogen-bond acceptors (Lipinski definition) is 2. The highest BCUT2D eigenvalue weighted by molar-refractivity contribution is 5.78. The number of rotatable bonds is 5. The zero-order chi connectivity index (χ0) is 12.1. The van der Waals surface area contributed by atoms with Crippen molar-refractivity contribution in [2.24, 2.45) is 11.8 Å². The standard InChI is InChI=1S/C12H21NO3/c1-3-9(4-2)7-11(14)13-6-5-10(8-13)12(15)16/h9-10H,3-8H2,1-2H3,(H,15,16). The van der Waals surface area contributed by atoms with E-state index in [0.29, 0.717) is 31.8 Å². The third-order valence-electron chi connectivity index (χ3n) is 3.51. The number of hydrogen-bond donors (Lipinski definition) is 1. The van der Waals surface area contributed by atoms with Crippen LogP contribution in [-0.4, -0.2) is 35.0 Å². The predicted molar refractivity (Wildman–Crippen MR) is 61.0 cm³/mol. The summed E-state index contributed by atoms with van der Waals surface area (Å²) in [7, 11) is 0. The third-order valence-corrected chi connectivity index (χ3v) is 3.51. The summed E-state index contributed by atoms with van der Waals surface area (Å²) in [5.41, 5.74) is 0. The summed E-state index contributed by atoms with van der Waals surface area (Å²) in [6, 6.07) is 0. The molecule has 1 heterocycles. The van der Waals surface area contributed by atoms with Crippen molar-refractivity contribution in [1.29, 1.82) is 0 Å². The number of carboxylic acids is 1. The SMILES string of the molecule is CCC(CC)CC(=O)N1CCC(C(=O)O)C1. The lowest BCUT2D eigenvalue weighted by atomic mass is 9.99. The van der Waals surface area contributed by atoms with Crippen LogP contribution < -0.4 is 0 Å². The van der Waals surface area contributed by atoms with Crippen LogP contribution in [0.4, 0.5) is 0 Å². The van der Waals surface area contributed by atoms with Crippen molar-refractivity contribution in [2.75, 3.05) is 13.1 Å².